The molecule has 0 saturated carbocycles. The Bertz CT molecular complexity index is 763. The van der Waals surface area contributed by atoms with Gasteiger partial charge in [0, 0.05) is 12.1 Å². The molecule has 0 atom stereocenters. The zero-order valence-corrected chi connectivity index (χ0v) is 17.3. The Morgan fingerprint density at radius 1 is 1.19 bits per heavy atom. The fraction of sp³-hybridized carbons (Fsp3) is 0.600. The largest absolute Gasteiger partial charge is 0.435 e. The number of alkyl halides is 5. The van der Waals surface area contributed by atoms with Crippen LogP contribution in [0.1, 0.15) is 37.0 Å². The lowest BCUT2D eigenvalue weighted by atomic mass is 9.96. The summed E-state index contributed by atoms with van der Waals surface area (Å²) in [6, 6.07) is 5.48. The lowest BCUT2D eigenvalue weighted by Crippen LogP contribution is -2.56. The summed E-state index contributed by atoms with van der Waals surface area (Å²) in [5, 5.41) is 4.76. The number of piperidine rings is 1. The van der Waals surface area contributed by atoms with Crippen molar-refractivity contribution in [2.24, 2.45) is 5.92 Å². The number of likely N-dealkylation sites (tertiary alicyclic amines) is 1. The van der Waals surface area contributed by atoms with Gasteiger partial charge in [-0.15, -0.1) is 0 Å². The monoisotopic (exact) mass is 451 g/mol. The summed E-state index contributed by atoms with van der Waals surface area (Å²) in [6.07, 6.45) is -3.23. The highest BCUT2D eigenvalue weighted by atomic mass is 19.4. The van der Waals surface area contributed by atoms with Crippen LogP contribution in [0.2, 0.25) is 0 Å². The van der Waals surface area contributed by atoms with Crippen molar-refractivity contribution >= 4 is 11.8 Å². The van der Waals surface area contributed by atoms with Gasteiger partial charge < -0.3 is 15.4 Å². The van der Waals surface area contributed by atoms with Crippen LogP contribution < -0.4 is 15.4 Å². The summed E-state index contributed by atoms with van der Waals surface area (Å²) in [7, 11) is 0. The van der Waals surface area contributed by atoms with E-state index in [0.717, 1.165) is 13.8 Å². The van der Waals surface area contributed by atoms with Crippen LogP contribution >= 0.6 is 0 Å². The first-order chi connectivity index (χ1) is 14.4. The number of halogens is 5. The predicted octanol–water partition coefficient (Wildman–Crippen LogP) is 3.19. The molecule has 0 aromatic heterocycles. The van der Waals surface area contributed by atoms with Crippen LogP contribution in [0.5, 0.6) is 5.75 Å². The number of nitrogens with zero attached hydrogens (tertiary/aromatic N) is 1. The zero-order valence-electron chi connectivity index (χ0n) is 17.3. The van der Waals surface area contributed by atoms with Crippen molar-refractivity contribution < 1.29 is 36.3 Å². The van der Waals surface area contributed by atoms with Crippen molar-refractivity contribution in [1.29, 1.82) is 0 Å². The van der Waals surface area contributed by atoms with Crippen molar-refractivity contribution in [3.63, 3.8) is 0 Å². The maximum Gasteiger partial charge on any atom is 0.410 e. The van der Waals surface area contributed by atoms with Crippen LogP contribution in [-0.4, -0.2) is 61.2 Å². The van der Waals surface area contributed by atoms with Gasteiger partial charge in [0.25, 0.3) is 5.91 Å². The number of nitrogens with one attached hydrogen (secondary N) is 2. The fourth-order valence-electron chi connectivity index (χ4n) is 3.16. The first-order valence-electron chi connectivity index (χ1n) is 9.80. The first kappa shape index (κ1) is 24.8. The van der Waals surface area contributed by atoms with E-state index in [0.29, 0.717) is 32.5 Å². The average molecular weight is 451 g/mol. The molecule has 1 aliphatic rings. The molecule has 0 bridgehead atoms. The van der Waals surface area contributed by atoms with E-state index in [1.54, 1.807) is 4.90 Å². The Morgan fingerprint density at radius 3 is 2.42 bits per heavy atom. The molecule has 1 aromatic rings. The number of ether oxygens (including phenoxy) is 1. The van der Waals surface area contributed by atoms with E-state index in [1.165, 1.54) is 24.3 Å². The van der Waals surface area contributed by atoms with Crippen LogP contribution in [0.15, 0.2) is 24.3 Å². The Labute approximate surface area is 177 Å². The molecule has 0 unspecified atom stereocenters. The molecule has 1 aliphatic heterocycles. The summed E-state index contributed by atoms with van der Waals surface area (Å²) in [6.45, 7) is 0.0979. The van der Waals surface area contributed by atoms with E-state index in [4.69, 9.17) is 0 Å². The van der Waals surface area contributed by atoms with E-state index in [9.17, 15) is 31.5 Å². The molecular weight excluding hydrogens is 425 g/mol. The highest BCUT2D eigenvalue weighted by molar-refractivity contribution is 5.94. The molecule has 0 aliphatic carbocycles. The number of rotatable bonds is 8. The molecule has 2 N–H and O–H groups in total. The molecule has 1 saturated heterocycles. The van der Waals surface area contributed by atoms with Crippen LogP contribution in [0.3, 0.4) is 0 Å². The van der Waals surface area contributed by atoms with Gasteiger partial charge in [0.15, 0.2) is 0 Å². The van der Waals surface area contributed by atoms with Crippen molar-refractivity contribution in [2.45, 2.75) is 45.0 Å². The van der Waals surface area contributed by atoms with E-state index in [-0.39, 0.29) is 23.8 Å². The Morgan fingerprint density at radius 2 is 1.84 bits per heavy atom. The van der Waals surface area contributed by atoms with Gasteiger partial charge in [-0.3, -0.25) is 14.5 Å². The summed E-state index contributed by atoms with van der Waals surface area (Å²) in [5.74, 6) is -1.09. The topological polar surface area (TPSA) is 70.7 Å². The smallest absolute Gasteiger partial charge is 0.410 e. The van der Waals surface area contributed by atoms with Gasteiger partial charge in [0.1, 0.15) is 11.3 Å². The van der Waals surface area contributed by atoms with Crippen molar-refractivity contribution in [2.75, 3.05) is 26.2 Å². The molecular formula is C20H26F5N3O3. The number of amides is 2. The Kier molecular flexibility index (Phi) is 8.21. The van der Waals surface area contributed by atoms with Gasteiger partial charge in [-0.2, -0.15) is 22.0 Å². The van der Waals surface area contributed by atoms with E-state index < -0.39 is 30.1 Å². The average Bonchev–Trinajstić information content (AvgIpc) is 2.65. The second-order valence-corrected chi connectivity index (χ2v) is 8.01. The van der Waals surface area contributed by atoms with Crippen LogP contribution in [-0.2, 0) is 4.79 Å². The molecule has 1 heterocycles. The van der Waals surface area contributed by atoms with Gasteiger partial charge >= 0.3 is 12.8 Å². The molecule has 2 rings (SSSR count). The third-order valence-electron chi connectivity index (χ3n) is 5.11. The number of hydrogen-bond donors (Lipinski definition) is 2. The van der Waals surface area contributed by atoms with Gasteiger partial charge in [0.2, 0.25) is 5.91 Å². The van der Waals surface area contributed by atoms with Crippen molar-refractivity contribution in [3.05, 3.63) is 29.8 Å². The standard InChI is InChI=1S/C20H26F5N3O3/c1-19(2,20(23,24)25)27-16(29)12-28-8-6-13(7-9-28)11-26-17(30)14-4-3-5-15(10-14)31-18(21)22/h3-5,10,13,18H,6-9,11-12H2,1-2H3,(H,26,30)(H,27,29). The van der Waals surface area contributed by atoms with Crippen molar-refractivity contribution in [1.82, 2.24) is 15.5 Å². The van der Waals surface area contributed by atoms with Crippen LogP contribution in [0.4, 0.5) is 22.0 Å². The summed E-state index contributed by atoms with van der Waals surface area (Å²) in [5.41, 5.74) is -2.11. The van der Waals surface area contributed by atoms with Crippen LogP contribution in [0, 0.1) is 5.92 Å². The van der Waals surface area contributed by atoms with E-state index >= 15 is 0 Å². The van der Waals surface area contributed by atoms with Crippen molar-refractivity contribution in [3.8, 4) is 5.75 Å². The highest BCUT2D eigenvalue weighted by Crippen LogP contribution is 2.29. The molecule has 0 spiro atoms. The molecule has 1 fully saturated rings. The maximum absolute atomic E-state index is 12.9. The molecule has 31 heavy (non-hydrogen) atoms. The minimum Gasteiger partial charge on any atom is -0.435 e. The molecule has 2 amide bonds. The zero-order chi connectivity index (χ0) is 23.2. The molecule has 174 valence electrons. The third kappa shape index (κ3) is 7.64. The first-order valence-corrected chi connectivity index (χ1v) is 9.80. The normalized spacial score (nSPS) is 16.3. The van der Waals surface area contributed by atoms with Gasteiger partial charge in [-0.1, -0.05) is 6.07 Å². The lowest BCUT2D eigenvalue weighted by molar-refractivity contribution is -0.188. The van der Waals surface area contributed by atoms with Crippen LogP contribution in [0.25, 0.3) is 0 Å². The molecule has 1 aromatic carbocycles. The summed E-state index contributed by atoms with van der Waals surface area (Å²) in [4.78, 5) is 26.0. The predicted molar refractivity (Wildman–Crippen MR) is 103 cm³/mol. The minimum absolute atomic E-state index is 0.108. The third-order valence-corrected chi connectivity index (χ3v) is 5.11. The Balaban J connectivity index is 1.75. The number of carbonyl (C=O) groups excluding carboxylic acids is 2. The van der Waals surface area contributed by atoms with Gasteiger partial charge in [-0.05, 0) is 63.9 Å². The fourth-order valence-corrected chi connectivity index (χ4v) is 3.16. The van der Waals surface area contributed by atoms with E-state index in [1.807, 2.05) is 5.32 Å². The highest BCUT2D eigenvalue weighted by Gasteiger charge is 2.48. The number of hydrogen-bond acceptors (Lipinski definition) is 4. The number of carbonyl (C=O) groups is 2. The number of benzene rings is 1. The maximum atomic E-state index is 12.9. The second kappa shape index (κ2) is 10.3. The van der Waals surface area contributed by atoms with E-state index in [2.05, 4.69) is 10.1 Å². The molecule has 6 nitrogen and oxygen atoms in total. The Hall–Kier alpha value is -2.43. The summed E-state index contributed by atoms with van der Waals surface area (Å²) < 4.78 is 67.5. The summed E-state index contributed by atoms with van der Waals surface area (Å²) >= 11 is 0. The second-order valence-electron chi connectivity index (χ2n) is 8.01. The lowest BCUT2D eigenvalue weighted by Gasteiger charge is -2.33. The molecule has 0 radical (unpaired) electrons. The van der Waals surface area contributed by atoms with Gasteiger partial charge in [-0.25, -0.2) is 0 Å². The quantitative estimate of drug-likeness (QED) is 0.596. The molecule has 11 heteroatoms. The minimum atomic E-state index is -4.54. The van der Waals surface area contributed by atoms with Gasteiger partial charge in [0.05, 0.1) is 6.54 Å². The SMILES string of the molecule is CC(C)(NC(=O)CN1CCC(CNC(=O)c2cccc(OC(F)F)c2)CC1)C(F)(F)F.